The third kappa shape index (κ3) is 5.56. The highest BCUT2D eigenvalue weighted by molar-refractivity contribution is 6.35. The van der Waals surface area contributed by atoms with Gasteiger partial charge < -0.3 is 4.74 Å². The van der Waals surface area contributed by atoms with E-state index >= 15 is 0 Å². The number of nitrogens with zero attached hydrogens (tertiary/aromatic N) is 2. The van der Waals surface area contributed by atoms with Gasteiger partial charge in [-0.1, -0.05) is 29.3 Å². The van der Waals surface area contributed by atoms with E-state index in [1.54, 1.807) is 42.9 Å². The van der Waals surface area contributed by atoms with Crippen LogP contribution in [0.1, 0.15) is 32.6 Å². The molecule has 0 aliphatic carbocycles. The lowest BCUT2D eigenvalue weighted by Gasteiger charge is -2.14. The van der Waals surface area contributed by atoms with E-state index in [2.05, 4.69) is 15.5 Å². The Labute approximate surface area is 179 Å². The fraction of sp³-hybridized carbons (Fsp3) is 0.136. The standard InChI is InChI=1S/C22H19Cl2N3O2/c1-14-9-16(12-26-27-22(28)17-5-7-25-8-6-17)10-15(2)21(14)29-13-18-3-4-19(23)11-20(18)24/h3-12H,13H2,1-2H3,(H,27,28)/b26-12-. The smallest absolute Gasteiger partial charge is 0.271 e. The minimum Gasteiger partial charge on any atom is -0.488 e. The molecule has 5 nitrogen and oxygen atoms in total. The molecule has 1 heterocycles. The van der Waals surface area contributed by atoms with Crippen LogP contribution in [0.4, 0.5) is 0 Å². The molecule has 0 saturated carbocycles. The Hall–Kier alpha value is -2.89. The number of carbonyl (C=O) groups excluding carboxylic acids is 1. The van der Waals surface area contributed by atoms with Crippen molar-refractivity contribution >= 4 is 35.3 Å². The van der Waals surface area contributed by atoms with Crippen LogP contribution >= 0.6 is 23.2 Å². The lowest BCUT2D eigenvalue weighted by Crippen LogP contribution is -2.17. The van der Waals surface area contributed by atoms with Gasteiger partial charge in [0.15, 0.2) is 0 Å². The predicted molar refractivity (Wildman–Crippen MR) is 116 cm³/mol. The van der Waals surface area contributed by atoms with Crippen LogP contribution in [0.2, 0.25) is 10.0 Å². The van der Waals surface area contributed by atoms with Crippen LogP contribution in [0.5, 0.6) is 5.75 Å². The molecule has 1 N–H and O–H groups in total. The zero-order valence-electron chi connectivity index (χ0n) is 15.9. The molecule has 0 radical (unpaired) electrons. The Morgan fingerprint density at radius 3 is 2.45 bits per heavy atom. The largest absolute Gasteiger partial charge is 0.488 e. The summed E-state index contributed by atoms with van der Waals surface area (Å²) >= 11 is 12.1. The van der Waals surface area contributed by atoms with Gasteiger partial charge in [0.1, 0.15) is 12.4 Å². The normalized spacial score (nSPS) is 10.9. The summed E-state index contributed by atoms with van der Waals surface area (Å²) in [7, 11) is 0. The molecule has 0 atom stereocenters. The fourth-order valence-corrected chi connectivity index (χ4v) is 3.27. The number of amides is 1. The number of pyridine rings is 1. The number of hydrogen-bond acceptors (Lipinski definition) is 4. The molecule has 0 fully saturated rings. The summed E-state index contributed by atoms with van der Waals surface area (Å²) in [5.74, 6) is 0.492. The summed E-state index contributed by atoms with van der Waals surface area (Å²) in [6.45, 7) is 4.25. The van der Waals surface area contributed by atoms with Crippen molar-refractivity contribution in [2.45, 2.75) is 20.5 Å². The lowest BCUT2D eigenvalue weighted by molar-refractivity contribution is 0.0955. The van der Waals surface area contributed by atoms with Crippen molar-refractivity contribution in [2.24, 2.45) is 5.10 Å². The van der Waals surface area contributed by atoms with Gasteiger partial charge in [0, 0.05) is 33.6 Å². The lowest BCUT2D eigenvalue weighted by atomic mass is 10.1. The Bertz CT molecular complexity index is 1030. The fourth-order valence-electron chi connectivity index (χ4n) is 2.81. The number of hydrazone groups is 1. The van der Waals surface area contributed by atoms with E-state index in [0.29, 0.717) is 22.2 Å². The number of aromatic nitrogens is 1. The minimum atomic E-state index is -0.295. The summed E-state index contributed by atoms with van der Waals surface area (Å²) in [6.07, 6.45) is 4.71. The third-order valence-electron chi connectivity index (χ3n) is 4.19. The maximum atomic E-state index is 12.0. The summed E-state index contributed by atoms with van der Waals surface area (Å²) in [5, 5.41) is 5.19. The molecular formula is C22H19Cl2N3O2. The quantitative estimate of drug-likeness (QED) is 0.425. The summed E-state index contributed by atoms with van der Waals surface area (Å²) in [4.78, 5) is 15.9. The number of rotatable bonds is 6. The van der Waals surface area contributed by atoms with Crippen molar-refractivity contribution in [3.05, 3.63) is 92.7 Å². The number of benzene rings is 2. The summed E-state index contributed by atoms with van der Waals surface area (Å²) in [5.41, 5.74) is 6.62. The molecule has 0 spiro atoms. The van der Waals surface area contributed by atoms with E-state index < -0.39 is 0 Å². The maximum Gasteiger partial charge on any atom is 0.271 e. The van der Waals surface area contributed by atoms with E-state index in [0.717, 1.165) is 28.0 Å². The highest BCUT2D eigenvalue weighted by Gasteiger charge is 2.09. The predicted octanol–water partition coefficient (Wildman–Crippen LogP) is 5.35. The summed E-state index contributed by atoms with van der Waals surface area (Å²) in [6, 6.07) is 12.5. The first kappa shape index (κ1) is 20.8. The van der Waals surface area contributed by atoms with Crippen molar-refractivity contribution in [2.75, 3.05) is 0 Å². The highest BCUT2D eigenvalue weighted by Crippen LogP contribution is 2.27. The van der Waals surface area contributed by atoms with Gasteiger partial charge in [-0.2, -0.15) is 5.10 Å². The van der Waals surface area contributed by atoms with Gasteiger partial charge >= 0.3 is 0 Å². The first-order chi connectivity index (χ1) is 13.9. The van der Waals surface area contributed by atoms with Crippen molar-refractivity contribution in [1.82, 2.24) is 10.4 Å². The van der Waals surface area contributed by atoms with Gasteiger partial charge in [-0.25, -0.2) is 5.43 Å². The van der Waals surface area contributed by atoms with Gasteiger partial charge in [0.2, 0.25) is 0 Å². The van der Waals surface area contributed by atoms with Gasteiger partial charge in [-0.15, -0.1) is 0 Å². The monoisotopic (exact) mass is 427 g/mol. The molecule has 0 aliphatic heterocycles. The van der Waals surface area contributed by atoms with Crippen LogP contribution in [0.3, 0.4) is 0 Å². The van der Waals surface area contributed by atoms with Crippen LogP contribution in [-0.2, 0) is 6.61 Å². The van der Waals surface area contributed by atoms with E-state index in [-0.39, 0.29) is 5.91 Å². The van der Waals surface area contributed by atoms with Crippen LogP contribution in [0, 0.1) is 13.8 Å². The molecule has 29 heavy (non-hydrogen) atoms. The minimum absolute atomic E-state index is 0.295. The van der Waals surface area contributed by atoms with Crippen molar-refractivity contribution in [3.63, 3.8) is 0 Å². The van der Waals surface area contributed by atoms with E-state index in [1.807, 2.05) is 32.0 Å². The van der Waals surface area contributed by atoms with Gasteiger partial charge in [0.05, 0.1) is 6.21 Å². The second-order valence-electron chi connectivity index (χ2n) is 6.44. The van der Waals surface area contributed by atoms with Gasteiger partial charge in [-0.05, 0) is 66.9 Å². The average molecular weight is 428 g/mol. The molecule has 0 bridgehead atoms. The Morgan fingerprint density at radius 2 is 1.79 bits per heavy atom. The molecule has 0 unspecified atom stereocenters. The number of ether oxygens (including phenoxy) is 1. The molecule has 1 amide bonds. The molecule has 2 aromatic carbocycles. The number of halogens is 2. The van der Waals surface area contributed by atoms with Crippen LogP contribution < -0.4 is 10.2 Å². The Balaban J connectivity index is 1.66. The summed E-state index contributed by atoms with van der Waals surface area (Å²) < 4.78 is 5.98. The molecule has 3 rings (SSSR count). The molecule has 0 aliphatic rings. The number of hydrogen-bond donors (Lipinski definition) is 1. The maximum absolute atomic E-state index is 12.0. The third-order valence-corrected chi connectivity index (χ3v) is 4.78. The van der Waals surface area contributed by atoms with Crippen molar-refractivity contribution < 1.29 is 9.53 Å². The Morgan fingerprint density at radius 1 is 1.10 bits per heavy atom. The SMILES string of the molecule is Cc1cc(/C=N\NC(=O)c2ccncc2)cc(C)c1OCc1ccc(Cl)cc1Cl. The molecule has 148 valence electrons. The zero-order valence-corrected chi connectivity index (χ0v) is 17.5. The highest BCUT2D eigenvalue weighted by atomic mass is 35.5. The topological polar surface area (TPSA) is 63.6 Å². The van der Waals surface area contributed by atoms with E-state index in [1.165, 1.54) is 0 Å². The first-order valence-corrected chi connectivity index (χ1v) is 9.61. The van der Waals surface area contributed by atoms with Crippen LogP contribution in [-0.4, -0.2) is 17.1 Å². The Kier molecular flexibility index (Phi) is 6.86. The first-order valence-electron chi connectivity index (χ1n) is 8.85. The molecular weight excluding hydrogens is 409 g/mol. The number of carbonyl (C=O) groups is 1. The molecule has 3 aromatic rings. The average Bonchev–Trinajstić information content (AvgIpc) is 2.69. The molecule has 7 heteroatoms. The second kappa shape index (κ2) is 9.54. The number of nitrogens with one attached hydrogen (secondary N) is 1. The van der Waals surface area contributed by atoms with E-state index in [4.69, 9.17) is 27.9 Å². The van der Waals surface area contributed by atoms with Gasteiger partial charge in [0.25, 0.3) is 5.91 Å². The van der Waals surface area contributed by atoms with Gasteiger partial charge in [-0.3, -0.25) is 9.78 Å². The van der Waals surface area contributed by atoms with Crippen LogP contribution in [0.25, 0.3) is 0 Å². The molecule has 0 saturated heterocycles. The van der Waals surface area contributed by atoms with E-state index in [9.17, 15) is 4.79 Å². The second-order valence-corrected chi connectivity index (χ2v) is 7.29. The molecule has 1 aromatic heterocycles. The zero-order chi connectivity index (χ0) is 20.8. The van der Waals surface area contributed by atoms with Crippen molar-refractivity contribution in [3.8, 4) is 5.75 Å². The number of aryl methyl sites for hydroxylation is 2. The van der Waals surface area contributed by atoms with Crippen LogP contribution in [0.15, 0.2) is 60.0 Å². The van der Waals surface area contributed by atoms with Crippen molar-refractivity contribution in [1.29, 1.82) is 0 Å².